The van der Waals surface area contributed by atoms with Crippen molar-refractivity contribution in [3.05, 3.63) is 18.3 Å². The van der Waals surface area contributed by atoms with Crippen molar-refractivity contribution in [1.29, 1.82) is 0 Å². The summed E-state index contributed by atoms with van der Waals surface area (Å²) >= 11 is 0. The van der Waals surface area contributed by atoms with Crippen LogP contribution in [0.1, 0.15) is 13.8 Å². The molecule has 1 heterocycles. The van der Waals surface area contributed by atoms with Crippen LogP contribution < -0.4 is 4.74 Å². The standard InChI is InChI=1S/C9H12ClNO3S/c1-7(2)6-14-9-4-3-8(5-11-9)15(10,12)13/h3-5,7H,6H2,1-2H3. The summed E-state index contributed by atoms with van der Waals surface area (Å²) in [5.41, 5.74) is 0. The molecule has 0 radical (unpaired) electrons. The molecular formula is C9H12ClNO3S. The topological polar surface area (TPSA) is 56.3 Å². The van der Waals surface area contributed by atoms with Crippen LogP contribution in [-0.2, 0) is 9.05 Å². The second kappa shape index (κ2) is 4.81. The summed E-state index contributed by atoms with van der Waals surface area (Å²) in [6.07, 6.45) is 1.18. The fraction of sp³-hybridized carbons (Fsp3) is 0.444. The van der Waals surface area contributed by atoms with Gasteiger partial charge in [0.15, 0.2) is 0 Å². The Morgan fingerprint density at radius 3 is 2.53 bits per heavy atom. The summed E-state index contributed by atoms with van der Waals surface area (Å²) in [4.78, 5) is 3.80. The number of rotatable bonds is 4. The first-order valence-electron chi connectivity index (χ1n) is 4.43. The van der Waals surface area contributed by atoms with Crippen LogP contribution in [0.2, 0.25) is 0 Å². The van der Waals surface area contributed by atoms with Crippen LogP contribution in [0, 0.1) is 5.92 Å². The predicted octanol–water partition coefficient (Wildman–Crippen LogP) is 2.04. The Kier molecular flexibility index (Phi) is 3.93. The molecule has 1 aromatic heterocycles. The lowest BCUT2D eigenvalue weighted by atomic mass is 10.2. The Morgan fingerprint density at radius 1 is 1.47 bits per heavy atom. The Morgan fingerprint density at radius 2 is 2.13 bits per heavy atom. The molecule has 6 heteroatoms. The summed E-state index contributed by atoms with van der Waals surface area (Å²) in [6.45, 7) is 4.56. The summed E-state index contributed by atoms with van der Waals surface area (Å²) in [6, 6.07) is 2.85. The molecule has 0 aliphatic rings. The van der Waals surface area contributed by atoms with Crippen LogP contribution in [-0.4, -0.2) is 20.0 Å². The van der Waals surface area contributed by atoms with Gasteiger partial charge in [0.2, 0.25) is 5.88 Å². The Hall–Kier alpha value is -0.810. The van der Waals surface area contributed by atoms with Crippen LogP contribution in [0.5, 0.6) is 5.88 Å². The minimum atomic E-state index is -3.70. The van der Waals surface area contributed by atoms with E-state index < -0.39 is 9.05 Å². The van der Waals surface area contributed by atoms with Crippen molar-refractivity contribution in [3.8, 4) is 5.88 Å². The highest BCUT2D eigenvalue weighted by molar-refractivity contribution is 8.13. The fourth-order valence-corrected chi connectivity index (χ4v) is 1.53. The average Bonchev–Trinajstić information content (AvgIpc) is 2.14. The zero-order chi connectivity index (χ0) is 11.5. The smallest absolute Gasteiger partial charge is 0.262 e. The average molecular weight is 250 g/mol. The lowest BCUT2D eigenvalue weighted by molar-refractivity contribution is 0.261. The van der Waals surface area contributed by atoms with Crippen molar-refractivity contribution in [2.24, 2.45) is 5.92 Å². The number of nitrogens with zero attached hydrogens (tertiary/aromatic N) is 1. The van der Waals surface area contributed by atoms with E-state index in [1.807, 2.05) is 13.8 Å². The summed E-state index contributed by atoms with van der Waals surface area (Å²) in [7, 11) is 1.43. The van der Waals surface area contributed by atoms with E-state index in [-0.39, 0.29) is 4.90 Å². The van der Waals surface area contributed by atoms with Gasteiger partial charge in [0.05, 0.1) is 12.8 Å². The molecule has 15 heavy (non-hydrogen) atoms. The van der Waals surface area contributed by atoms with Gasteiger partial charge in [0, 0.05) is 16.7 Å². The van der Waals surface area contributed by atoms with Gasteiger partial charge in [0.25, 0.3) is 9.05 Å². The van der Waals surface area contributed by atoms with Gasteiger partial charge in [-0.3, -0.25) is 0 Å². The van der Waals surface area contributed by atoms with E-state index in [0.717, 1.165) is 0 Å². The van der Waals surface area contributed by atoms with Crippen LogP contribution in [0.4, 0.5) is 0 Å². The zero-order valence-corrected chi connectivity index (χ0v) is 10.0. The molecular weight excluding hydrogens is 238 g/mol. The van der Waals surface area contributed by atoms with Crippen molar-refractivity contribution in [3.63, 3.8) is 0 Å². The zero-order valence-electron chi connectivity index (χ0n) is 8.47. The first kappa shape index (κ1) is 12.3. The van der Waals surface area contributed by atoms with Crippen molar-refractivity contribution >= 4 is 19.7 Å². The number of aromatic nitrogens is 1. The third-order valence-corrected chi connectivity index (χ3v) is 2.89. The van der Waals surface area contributed by atoms with E-state index in [1.54, 1.807) is 0 Å². The monoisotopic (exact) mass is 249 g/mol. The predicted molar refractivity (Wildman–Crippen MR) is 57.6 cm³/mol. The normalized spacial score (nSPS) is 11.7. The number of hydrogen-bond acceptors (Lipinski definition) is 4. The molecule has 0 N–H and O–H groups in total. The molecule has 0 aromatic carbocycles. The van der Waals surface area contributed by atoms with Gasteiger partial charge in [-0.25, -0.2) is 13.4 Å². The maximum atomic E-state index is 10.9. The molecule has 0 fully saturated rings. The Labute approximate surface area is 93.7 Å². The molecule has 0 saturated heterocycles. The van der Waals surface area contributed by atoms with Crippen molar-refractivity contribution in [2.75, 3.05) is 6.61 Å². The molecule has 0 aliphatic carbocycles. The van der Waals surface area contributed by atoms with Crippen molar-refractivity contribution in [1.82, 2.24) is 4.98 Å². The van der Waals surface area contributed by atoms with E-state index >= 15 is 0 Å². The van der Waals surface area contributed by atoms with Gasteiger partial charge in [-0.1, -0.05) is 13.8 Å². The van der Waals surface area contributed by atoms with Crippen LogP contribution >= 0.6 is 10.7 Å². The van der Waals surface area contributed by atoms with Gasteiger partial charge >= 0.3 is 0 Å². The molecule has 0 bridgehead atoms. The van der Waals surface area contributed by atoms with Crippen molar-refractivity contribution < 1.29 is 13.2 Å². The van der Waals surface area contributed by atoms with E-state index in [1.165, 1.54) is 18.3 Å². The van der Waals surface area contributed by atoms with Crippen LogP contribution in [0.15, 0.2) is 23.2 Å². The minimum Gasteiger partial charge on any atom is -0.477 e. The molecule has 1 rings (SSSR count). The second-order valence-corrected chi connectivity index (χ2v) is 6.04. The third-order valence-electron chi connectivity index (χ3n) is 1.56. The SMILES string of the molecule is CC(C)COc1ccc(S(=O)(=O)Cl)cn1. The minimum absolute atomic E-state index is 0.0268. The maximum Gasteiger partial charge on any atom is 0.262 e. The fourth-order valence-electron chi connectivity index (χ4n) is 0.848. The number of hydrogen-bond donors (Lipinski definition) is 0. The Balaban J connectivity index is 2.73. The van der Waals surface area contributed by atoms with Gasteiger partial charge in [-0.15, -0.1) is 0 Å². The second-order valence-electron chi connectivity index (χ2n) is 3.47. The molecule has 0 spiro atoms. The molecule has 1 aromatic rings. The molecule has 0 atom stereocenters. The van der Waals surface area contributed by atoms with Gasteiger partial charge in [-0.05, 0) is 12.0 Å². The highest BCUT2D eigenvalue weighted by Gasteiger charge is 2.10. The van der Waals surface area contributed by atoms with Crippen molar-refractivity contribution in [2.45, 2.75) is 18.7 Å². The lowest BCUT2D eigenvalue weighted by Gasteiger charge is -2.07. The largest absolute Gasteiger partial charge is 0.477 e. The molecule has 0 amide bonds. The molecule has 0 saturated carbocycles. The van der Waals surface area contributed by atoms with Gasteiger partial charge < -0.3 is 4.74 Å². The number of ether oxygens (including phenoxy) is 1. The summed E-state index contributed by atoms with van der Waals surface area (Å²) < 4.78 is 27.1. The molecule has 84 valence electrons. The van der Waals surface area contributed by atoms with E-state index in [0.29, 0.717) is 18.4 Å². The lowest BCUT2D eigenvalue weighted by Crippen LogP contribution is -2.05. The first-order chi connectivity index (χ1) is 6.89. The molecule has 0 unspecified atom stereocenters. The van der Waals surface area contributed by atoms with E-state index in [2.05, 4.69) is 4.98 Å². The highest BCUT2D eigenvalue weighted by Crippen LogP contribution is 2.16. The van der Waals surface area contributed by atoms with E-state index in [9.17, 15) is 8.42 Å². The quantitative estimate of drug-likeness (QED) is 0.767. The Bertz CT molecular complexity index is 413. The van der Waals surface area contributed by atoms with Crippen LogP contribution in [0.3, 0.4) is 0 Å². The number of pyridine rings is 1. The highest BCUT2D eigenvalue weighted by atomic mass is 35.7. The van der Waals surface area contributed by atoms with Gasteiger partial charge in [-0.2, -0.15) is 0 Å². The van der Waals surface area contributed by atoms with Gasteiger partial charge in [0.1, 0.15) is 4.90 Å². The number of halogens is 1. The molecule has 0 aliphatic heterocycles. The summed E-state index contributed by atoms with van der Waals surface area (Å²) in [5.74, 6) is 0.788. The first-order valence-corrected chi connectivity index (χ1v) is 6.74. The summed E-state index contributed by atoms with van der Waals surface area (Å²) in [5, 5.41) is 0. The van der Waals surface area contributed by atoms with E-state index in [4.69, 9.17) is 15.4 Å². The molecule has 4 nitrogen and oxygen atoms in total. The third kappa shape index (κ3) is 4.05. The van der Waals surface area contributed by atoms with Crippen LogP contribution in [0.25, 0.3) is 0 Å². The maximum absolute atomic E-state index is 10.9.